The second kappa shape index (κ2) is 7.72. The van der Waals surface area contributed by atoms with E-state index >= 15 is 0 Å². The van der Waals surface area contributed by atoms with Gasteiger partial charge in [0.2, 0.25) is 11.8 Å². The van der Waals surface area contributed by atoms with Crippen LogP contribution in [0.4, 0.5) is 4.39 Å². The Bertz CT molecular complexity index is 715. The highest BCUT2D eigenvalue weighted by Crippen LogP contribution is 2.09. The number of nitrogens with zero attached hydrogens (tertiary/aromatic N) is 3. The summed E-state index contributed by atoms with van der Waals surface area (Å²) in [6.07, 6.45) is 3.29. The van der Waals surface area contributed by atoms with Gasteiger partial charge >= 0.3 is 0 Å². The van der Waals surface area contributed by atoms with Crippen molar-refractivity contribution in [3.63, 3.8) is 0 Å². The molecule has 1 aromatic heterocycles. The third-order valence-corrected chi connectivity index (χ3v) is 3.76. The molecule has 24 heavy (non-hydrogen) atoms. The standard InChI is InChI=1S/C17H21FN4O2/c1-12-5-6-14(9-15(12)18)10-19-16(23)11-21(3)17(24)13(2)22-8-4-7-20-22/h4-9,13H,10-11H2,1-3H3,(H,19,23). The molecule has 2 aromatic rings. The number of nitrogens with one attached hydrogen (secondary N) is 1. The van der Waals surface area contributed by atoms with Crippen LogP contribution in [0.5, 0.6) is 0 Å². The lowest BCUT2D eigenvalue weighted by atomic mass is 10.1. The van der Waals surface area contributed by atoms with Crippen LogP contribution in [0.25, 0.3) is 0 Å². The predicted molar refractivity (Wildman–Crippen MR) is 87.6 cm³/mol. The molecule has 2 amide bonds. The molecular formula is C17H21FN4O2. The smallest absolute Gasteiger partial charge is 0.247 e. The van der Waals surface area contributed by atoms with E-state index in [2.05, 4.69) is 10.4 Å². The van der Waals surface area contributed by atoms with Crippen LogP contribution in [0, 0.1) is 12.7 Å². The Labute approximate surface area is 140 Å². The van der Waals surface area contributed by atoms with Gasteiger partial charge in [0.25, 0.3) is 0 Å². The third kappa shape index (κ3) is 4.41. The topological polar surface area (TPSA) is 67.2 Å². The molecule has 0 aliphatic rings. The lowest BCUT2D eigenvalue weighted by molar-refractivity contribution is -0.137. The molecule has 0 spiro atoms. The zero-order valence-corrected chi connectivity index (χ0v) is 14.0. The number of aryl methyl sites for hydroxylation is 1. The number of amides is 2. The Balaban J connectivity index is 1.84. The molecule has 0 saturated carbocycles. The van der Waals surface area contributed by atoms with Crippen molar-refractivity contribution >= 4 is 11.8 Å². The lowest BCUT2D eigenvalue weighted by Gasteiger charge is -2.21. The van der Waals surface area contributed by atoms with Gasteiger partial charge in [0, 0.05) is 26.0 Å². The predicted octanol–water partition coefficient (Wildman–Crippen LogP) is 1.67. The van der Waals surface area contributed by atoms with E-state index in [9.17, 15) is 14.0 Å². The van der Waals surface area contributed by atoms with Gasteiger partial charge in [0.05, 0.1) is 6.54 Å². The monoisotopic (exact) mass is 332 g/mol. The van der Waals surface area contributed by atoms with Gasteiger partial charge in [-0.25, -0.2) is 4.39 Å². The minimum Gasteiger partial charge on any atom is -0.350 e. The van der Waals surface area contributed by atoms with Crippen molar-refractivity contribution in [2.75, 3.05) is 13.6 Å². The van der Waals surface area contributed by atoms with Gasteiger partial charge in [-0.1, -0.05) is 12.1 Å². The summed E-state index contributed by atoms with van der Waals surface area (Å²) in [5.74, 6) is -0.822. The quantitative estimate of drug-likeness (QED) is 0.875. The van der Waals surface area contributed by atoms with Crippen molar-refractivity contribution in [2.24, 2.45) is 0 Å². The highest BCUT2D eigenvalue weighted by Gasteiger charge is 2.21. The van der Waals surface area contributed by atoms with E-state index in [0.29, 0.717) is 11.1 Å². The normalized spacial score (nSPS) is 11.8. The van der Waals surface area contributed by atoms with E-state index in [4.69, 9.17) is 0 Å². The second-order valence-electron chi connectivity index (χ2n) is 5.72. The Morgan fingerprint density at radius 3 is 2.79 bits per heavy atom. The fourth-order valence-electron chi connectivity index (χ4n) is 2.24. The largest absolute Gasteiger partial charge is 0.350 e. The number of rotatable bonds is 6. The van der Waals surface area contributed by atoms with Crippen LogP contribution in [0.15, 0.2) is 36.7 Å². The molecule has 1 heterocycles. The molecule has 1 atom stereocenters. The summed E-state index contributed by atoms with van der Waals surface area (Å²) in [6, 6.07) is 6.07. The fourth-order valence-corrected chi connectivity index (χ4v) is 2.24. The maximum Gasteiger partial charge on any atom is 0.247 e. The van der Waals surface area contributed by atoms with Crippen molar-refractivity contribution < 1.29 is 14.0 Å². The molecule has 1 N–H and O–H groups in total. The minimum atomic E-state index is -0.482. The Morgan fingerprint density at radius 2 is 2.17 bits per heavy atom. The Morgan fingerprint density at radius 1 is 1.42 bits per heavy atom. The van der Waals surface area contributed by atoms with Crippen LogP contribution >= 0.6 is 0 Å². The maximum atomic E-state index is 13.5. The number of benzene rings is 1. The number of hydrogen-bond acceptors (Lipinski definition) is 3. The molecule has 1 unspecified atom stereocenters. The van der Waals surface area contributed by atoms with Crippen LogP contribution < -0.4 is 5.32 Å². The zero-order valence-electron chi connectivity index (χ0n) is 14.0. The van der Waals surface area contributed by atoms with Crippen molar-refractivity contribution in [1.29, 1.82) is 0 Å². The summed E-state index contributed by atoms with van der Waals surface area (Å²) >= 11 is 0. The van der Waals surface area contributed by atoms with Crippen LogP contribution in [-0.2, 0) is 16.1 Å². The first kappa shape index (κ1) is 17.7. The highest BCUT2D eigenvalue weighted by atomic mass is 19.1. The lowest BCUT2D eigenvalue weighted by Crippen LogP contribution is -2.40. The molecule has 1 aromatic carbocycles. The van der Waals surface area contributed by atoms with Gasteiger partial charge in [-0.05, 0) is 37.1 Å². The van der Waals surface area contributed by atoms with E-state index in [0.717, 1.165) is 0 Å². The molecule has 6 nitrogen and oxygen atoms in total. The van der Waals surface area contributed by atoms with Gasteiger partial charge in [0.15, 0.2) is 0 Å². The third-order valence-electron chi connectivity index (χ3n) is 3.76. The number of hydrogen-bond donors (Lipinski definition) is 1. The van der Waals surface area contributed by atoms with E-state index in [1.54, 1.807) is 51.5 Å². The maximum absolute atomic E-state index is 13.5. The van der Waals surface area contributed by atoms with E-state index in [1.807, 2.05) is 0 Å². The summed E-state index contributed by atoms with van der Waals surface area (Å²) in [5.41, 5.74) is 1.23. The summed E-state index contributed by atoms with van der Waals surface area (Å²) in [7, 11) is 1.56. The number of likely N-dealkylation sites (N-methyl/N-ethyl adjacent to an activating group) is 1. The Hall–Kier alpha value is -2.70. The van der Waals surface area contributed by atoms with Gasteiger partial charge in [-0.3, -0.25) is 14.3 Å². The van der Waals surface area contributed by atoms with E-state index in [-0.39, 0.29) is 30.7 Å². The van der Waals surface area contributed by atoms with Gasteiger partial charge < -0.3 is 10.2 Å². The minimum absolute atomic E-state index is 0.0706. The summed E-state index contributed by atoms with van der Waals surface area (Å²) in [4.78, 5) is 25.6. The molecule has 0 radical (unpaired) electrons. The van der Waals surface area contributed by atoms with Crippen molar-refractivity contribution in [3.8, 4) is 0 Å². The van der Waals surface area contributed by atoms with Crippen LogP contribution in [0.3, 0.4) is 0 Å². The molecule has 0 aliphatic carbocycles. The van der Waals surface area contributed by atoms with Gasteiger partial charge in [-0.2, -0.15) is 5.10 Å². The van der Waals surface area contributed by atoms with Crippen LogP contribution in [-0.4, -0.2) is 40.1 Å². The van der Waals surface area contributed by atoms with E-state index in [1.165, 1.54) is 15.6 Å². The van der Waals surface area contributed by atoms with Crippen LogP contribution in [0.1, 0.15) is 24.1 Å². The summed E-state index contributed by atoms with van der Waals surface area (Å²) in [6.45, 7) is 3.55. The Kier molecular flexibility index (Phi) is 5.68. The van der Waals surface area contributed by atoms with Crippen molar-refractivity contribution in [1.82, 2.24) is 20.0 Å². The number of aromatic nitrogens is 2. The fraction of sp³-hybridized carbons (Fsp3) is 0.353. The molecule has 0 aliphatic heterocycles. The summed E-state index contributed by atoms with van der Waals surface area (Å²) in [5, 5.41) is 6.71. The zero-order chi connectivity index (χ0) is 17.7. The average molecular weight is 332 g/mol. The second-order valence-corrected chi connectivity index (χ2v) is 5.72. The molecular weight excluding hydrogens is 311 g/mol. The molecule has 0 bridgehead atoms. The number of carbonyl (C=O) groups excluding carboxylic acids is 2. The van der Waals surface area contributed by atoms with Crippen molar-refractivity contribution in [2.45, 2.75) is 26.4 Å². The first-order valence-corrected chi connectivity index (χ1v) is 7.64. The van der Waals surface area contributed by atoms with Gasteiger partial charge in [0.1, 0.15) is 11.9 Å². The molecule has 128 valence electrons. The number of carbonyl (C=O) groups is 2. The van der Waals surface area contributed by atoms with Gasteiger partial charge in [-0.15, -0.1) is 0 Å². The molecule has 2 rings (SSSR count). The van der Waals surface area contributed by atoms with E-state index < -0.39 is 6.04 Å². The molecule has 0 saturated heterocycles. The first-order valence-electron chi connectivity index (χ1n) is 7.64. The first-order chi connectivity index (χ1) is 11.4. The van der Waals surface area contributed by atoms with Crippen LogP contribution in [0.2, 0.25) is 0 Å². The highest BCUT2D eigenvalue weighted by molar-refractivity contribution is 5.86. The van der Waals surface area contributed by atoms with Crippen molar-refractivity contribution in [3.05, 3.63) is 53.6 Å². The number of halogens is 1. The average Bonchev–Trinajstić information content (AvgIpc) is 3.09. The summed E-state index contributed by atoms with van der Waals surface area (Å²) < 4.78 is 15.0. The molecule has 0 fully saturated rings. The molecule has 7 heteroatoms. The SMILES string of the molecule is Cc1ccc(CNC(=O)CN(C)C(=O)C(C)n2cccn2)cc1F.